The highest BCUT2D eigenvalue weighted by molar-refractivity contribution is 5.92. The lowest BCUT2D eigenvalue weighted by Crippen LogP contribution is -2.12. The molecule has 0 bridgehead atoms. The van der Waals surface area contributed by atoms with E-state index in [4.69, 9.17) is 14.7 Å². The van der Waals surface area contributed by atoms with Gasteiger partial charge < -0.3 is 9.47 Å². The van der Waals surface area contributed by atoms with Gasteiger partial charge in [0.05, 0.1) is 16.7 Å². The van der Waals surface area contributed by atoms with Crippen molar-refractivity contribution in [2.75, 3.05) is 0 Å². The maximum atomic E-state index is 14.2. The van der Waals surface area contributed by atoms with E-state index in [-0.39, 0.29) is 22.6 Å². The highest BCUT2D eigenvalue weighted by Gasteiger charge is 2.17. The molecule has 0 N–H and O–H groups in total. The van der Waals surface area contributed by atoms with Crippen LogP contribution in [0.2, 0.25) is 0 Å². The van der Waals surface area contributed by atoms with E-state index in [1.54, 1.807) is 36.4 Å². The van der Waals surface area contributed by atoms with Gasteiger partial charge in [-0.25, -0.2) is 18.4 Å². The molecule has 138 valence electrons. The number of esters is 2. The van der Waals surface area contributed by atoms with Gasteiger partial charge in [-0.15, -0.1) is 0 Å². The van der Waals surface area contributed by atoms with Gasteiger partial charge in [-0.3, -0.25) is 0 Å². The Labute approximate surface area is 158 Å². The first-order valence-electron chi connectivity index (χ1n) is 7.96. The van der Waals surface area contributed by atoms with Gasteiger partial charge in [-0.2, -0.15) is 5.26 Å². The summed E-state index contributed by atoms with van der Waals surface area (Å²) in [5.74, 6) is -3.85. The second kappa shape index (κ2) is 8.10. The predicted octanol–water partition coefficient (Wildman–Crippen LogP) is 4.27. The molecule has 0 saturated heterocycles. The monoisotopic (exact) mass is 379 g/mol. The van der Waals surface area contributed by atoms with Crippen LogP contribution in [-0.4, -0.2) is 11.9 Å². The quantitative estimate of drug-likeness (QED) is 0.500. The van der Waals surface area contributed by atoms with Crippen LogP contribution in [0.3, 0.4) is 0 Å². The van der Waals surface area contributed by atoms with Crippen molar-refractivity contribution in [1.82, 2.24) is 0 Å². The van der Waals surface area contributed by atoms with E-state index in [1.165, 1.54) is 12.1 Å². The summed E-state index contributed by atoms with van der Waals surface area (Å²) in [7, 11) is 0. The van der Waals surface area contributed by atoms with Gasteiger partial charge in [-0.05, 0) is 36.4 Å². The van der Waals surface area contributed by atoms with E-state index in [0.29, 0.717) is 0 Å². The molecule has 0 aliphatic carbocycles. The van der Waals surface area contributed by atoms with Crippen LogP contribution < -0.4 is 9.47 Å². The van der Waals surface area contributed by atoms with E-state index in [1.807, 2.05) is 0 Å². The molecule has 3 rings (SSSR count). The zero-order valence-corrected chi connectivity index (χ0v) is 14.2. The Morgan fingerprint density at radius 2 is 1.39 bits per heavy atom. The van der Waals surface area contributed by atoms with E-state index >= 15 is 0 Å². The highest BCUT2D eigenvalue weighted by atomic mass is 19.1. The van der Waals surface area contributed by atoms with Crippen LogP contribution in [0, 0.1) is 23.0 Å². The Balaban J connectivity index is 1.73. The zero-order valence-electron chi connectivity index (χ0n) is 14.2. The van der Waals surface area contributed by atoms with Crippen LogP contribution in [0.15, 0.2) is 66.7 Å². The van der Waals surface area contributed by atoms with Gasteiger partial charge in [0.25, 0.3) is 0 Å². The summed E-state index contributed by atoms with van der Waals surface area (Å²) in [4.78, 5) is 24.1. The number of nitriles is 1. The number of carbonyl (C=O) groups excluding carboxylic acids is 2. The predicted molar refractivity (Wildman–Crippen MR) is 93.9 cm³/mol. The fourth-order valence-electron chi connectivity index (χ4n) is 2.28. The number of benzene rings is 3. The third-order valence-corrected chi connectivity index (χ3v) is 3.65. The molecule has 0 spiro atoms. The first-order valence-corrected chi connectivity index (χ1v) is 7.96. The molecule has 28 heavy (non-hydrogen) atoms. The Morgan fingerprint density at radius 1 is 0.786 bits per heavy atom. The number of carbonyl (C=O) groups is 2. The third kappa shape index (κ3) is 4.19. The van der Waals surface area contributed by atoms with Crippen LogP contribution in [0.5, 0.6) is 11.5 Å². The first-order chi connectivity index (χ1) is 13.5. The van der Waals surface area contributed by atoms with Crippen molar-refractivity contribution >= 4 is 11.9 Å². The molecule has 0 saturated carbocycles. The fraction of sp³-hybridized carbons (Fsp3) is 0. The largest absolute Gasteiger partial charge is 0.423 e. The van der Waals surface area contributed by atoms with Crippen molar-refractivity contribution in [1.29, 1.82) is 5.26 Å². The van der Waals surface area contributed by atoms with E-state index in [0.717, 1.165) is 24.3 Å². The number of ether oxygens (including phenoxy) is 2. The van der Waals surface area contributed by atoms with Crippen LogP contribution >= 0.6 is 0 Å². The minimum atomic E-state index is -1.07. The van der Waals surface area contributed by atoms with Gasteiger partial charge >= 0.3 is 11.9 Å². The first kappa shape index (κ1) is 18.7. The van der Waals surface area contributed by atoms with Gasteiger partial charge in [0.15, 0.2) is 0 Å². The lowest BCUT2D eigenvalue weighted by atomic mass is 10.2. The molecule has 3 aromatic rings. The number of rotatable bonds is 4. The molecule has 5 nitrogen and oxygen atoms in total. The fourth-order valence-corrected chi connectivity index (χ4v) is 2.28. The minimum absolute atomic E-state index is 0.0904. The van der Waals surface area contributed by atoms with Gasteiger partial charge in [0.1, 0.15) is 29.2 Å². The van der Waals surface area contributed by atoms with E-state index in [2.05, 4.69) is 0 Å². The van der Waals surface area contributed by atoms with E-state index < -0.39 is 29.1 Å². The summed E-state index contributed by atoms with van der Waals surface area (Å²) in [5.41, 5.74) is -0.353. The molecule has 3 aromatic carbocycles. The number of halogens is 2. The Kier molecular flexibility index (Phi) is 5.42. The Bertz CT molecular complexity index is 1090. The summed E-state index contributed by atoms with van der Waals surface area (Å²) < 4.78 is 37.8. The Morgan fingerprint density at radius 3 is 2.00 bits per heavy atom. The Hall–Kier alpha value is -4.05. The summed E-state index contributed by atoms with van der Waals surface area (Å²) in [6, 6.07) is 16.2. The summed E-state index contributed by atoms with van der Waals surface area (Å²) in [6.07, 6.45) is 0. The van der Waals surface area contributed by atoms with Crippen molar-refractivity contribution < 1.29 is 27.8 Å². The molecule has 0 fully saturated rings. The van der Waals surface area contributed by atoms with Crippen molar-refractivity contribution in [3.63, 3.8) is 0 Å². The van der Waals surface area contributed by atoms with Crippen molar-refractivity contribution in [3.8, 4) is 17.6 Å². The summed E-state index contributed by atoms with van der Waals surface area (Å²) in [6.45, 7) is 0. The van der Waals surface area contributed by atoms with Gasteiger partial charge in [0.2, 0.25) is 0 Å². The maximum Gasteiger partial charge on any atom is 0.346 e. The molecular formula is C21H11F2NO4. The normalized spacial score (nSPS) is 10.0. The molecule has 0 aliphatic heterocycles. The summed E-state index contributed by atoms with van der Waals surface area (Å²) >= 11 is 0. The molecule has 0 unspecified atom stereocenters. The molecule has 0 radical (unpaired) electrons. The van der Waals surface area contributed by atoms with Crippen molar-refractivity contribution in [3.05, 3.63) is 95.1 Å². The van der Waals surface area contributed by atoms with Gasteiger partial charge in [-0.1, -0.05) is 18.2 Å². The molecule has 0 aromatic heterocycles. The second-order valence-corrected chi connectivity index (χ2v) is 5.54. The number of hydrogen-bond donors (Lipinski definition) is 0. The second-order valence-electron chi connectivity index (χ2n) is 5.54. The average molecular weight is 379 g/mol. The van der Waals surface area contributed by atoms with Crippen LogP contribution in [0.25, 0.3) is 0 Å². The highest BCUT2D eigenvalue weighted by Crippen LogP contribution is 2.21. The average Bonchev–Trinajstić information content (AvgIpc) is 2.69. The van der Waals surface area contributed by atoms with Crippen LogP contribution in [0.4, 0.5) is 8.78 Å². The molecule has 0 aliphatic rings. The van der Waals surface area contributed by atoms with Gasteiger partial charge in [0, 0.05) is 12.1 Å². The van der Waals surface area contributed by atoms with Crippen LogP contribution in [-0.2, 0) is 0 Å². The molecule has 7 heteroatoms. The smallest absolute Gasteiger partial charge is 0.346 e. The third-order valence-electron chi connectivity index (χ3n) is 3.65. The molecular weight excluding hydrogens is 368 g/mol. The number of hydrogen-bond acceptors (Lipinski definition) is 5. The summed E-state index contributed by atoms with van der Waals surface area (Å²) in [5, 5.41) is 8.68. The lowest BCUT2D eigenvalue weighted by molar-refractivity contribution is 0.0728. The van der Waals surface area contributed by atoms with Crippen molar-refractivity contribution in [2.24, 2.45) is 0 Å². The minimum Gasteiger partial charge on any atom is -0.423 e. The van der Waals surface area contributed by atoms with E-state index in [9.17, 15) is 18.4 Å². The van der Waals surface area contributed by atoms with Crippen molar-refractivity contribution in [2.45, 2.75) is 0 Å². The maximum absolute atomic E-state index is 14.2. The molecule has 0 amide bonds. The molecule has 0 heterocycles. The molecule has 0 atom stereocenters. The van der Waals surface area contributed by atoms with Crippen LogP contribution in [0.1, 0.15) is 26.3 Å². The topological polar surface area (TPSA) is 76.4 Å². The number of nitrogens with zero attached hydrogens (tertiary/aromatic N) is 1. The standard InChI is InChI=1S/C21H11F2NO4/c22-18-10-15(7-6-14(18)12-24)28-21(26)17-9-8-16(11-19(17)23)27-20(25)13-4-2-1-3-5-13/h1-11H. The SMILES string of the molecule is N#Cc1ccc(OC(=O)c2ccc(OC(=O)c3ccccc3)cc2F)cc1F. The zero-order chi connectivity index (χ0) is 20.1. The lowest BCUT2D eigenvalue weighted by Gasteiger charge is -2.08.